The number of amides is 1. The molecule has 1 aromatic carbocycles. The average molecular weight is 386 g/mol. The van der Waals surface area contributed by atoms with E-state index in [4.69, 9.17) is 9.47 Å². The minimum Gasteiger partial charge on any atom is -0.454 e. The molecule has 3 heterocycles. The average Bonchev–Trinajstić information content (AvgIpc) is 3.35. The number of carbonyl (C=O) groups excluding carboxylic acids is 1. The molecule has 2 aromatic heterocycles. The van der Waals surface area contributed by atoms with Crippen molar-refractivity contribution in [3.8, 4) is 22.1 Å². The first-order valence-electron chi connectivity index (χ1n) is 8.22. The summed E-state index contributed by atoms with van der Waals surface area (Å²) in [6.07, 6.45) is 0.307. The molecule has 0 N–H and O–H groups in total. The van der Waals surface area contributed by atoms with Crippen LogP contribution in [0.3, 0.4) is 0 Å². The van der Waals surface area contributed by atoms with E-state index in [0.717, 1.165) is 27.8 Å². The molecule has 5 nitrogen and oxygen atoms in total. The molecule has 4 rings (SSSR count). The van der Waals surface area contributed by atoms with Crippen LogP contribution in [0.1, 0.15) is 15.4 Å². The van der Waals surface area contributed by atoms with E-state index >= 15 is 0 Å². The normalized spacial score (nSPS) is 12.4. The minimum absolute atomic E-state index is 0.0681. The Bertz CT molecular complexity index is 948. The molecule has 0 radical (unpaired) electrons. The largest absolute Gasteiger partial charge is 0.454 e. The van der Waals surface area contributed by atoms with Gasteiger partial charge in [-0.1, -0.05) is 0 Å². The van der Waals surface area contributed by atoms with E-state index in [1.54, 1.807) is 16.2 Å². The number of likely N-dealkylation sites (N-methyl/N-ethyl adjacent to an activating group) is 1. The third kappa shape index (κ3) is 3.59. The first-order valence-corrected chi connectivity index (χ1v) is 9.92. The molecular weight excluding hydrogens is 368 g/mol. The molecule has 0 atom stereocenters. The predicted octanol–water partition coefficient (Wildman–Crippen LogP) is 4.11. The van der Waals surface area contributed by atoms with Crippen molar-refractivity contribution in [1.29, 1.82) is 0 Å². The highest BCUT2D eigenvalue weighted by Crippen LogP contribution is 2.36. The SMILES string of the molecule is Cc1ccc(CN(C)C(=O)Cc2csc(-c3ccc4c(c3)OCO4)n2)s1. The van der Waals surface area contributed by atoms with E-state index < -0.39 is 0 Å². The quantitative estimate of drug-likeness (QED) is 0.662. The number of thiazole rings is 1. The molecule has 1 aliphatic heterocycles. The molecular formula is C19H18N2O3S2. The lowest BCUT2D eigenvalue weighted by Crippen LogP contribution is -2.27. The molecule has 0 aliphatic carbocycles. The lowest BCUT2D eigenvalue weighted by molar-refractivity contribution is -0.129. The van der Waals surface area contributed by atoms with Crippen molar-refractivity contribution < 1.29 is 14.3 Å². The Morgan fingerprint density at radius 3 is 2.88 bits per heavy atom. The molecule has 0 saturated heterocycles. The fourth-order valence-electron chi connectivity index (χ4n) is 2.73. The topological polar surface area (TPSA) is 51.7 Å². The summed E-state index contributed by atoms with van der Waals surface area (Å²) in [4.78, 5) is 21.3. The number of carbonyl (C=O) groups is 1. The van der Waals surface area contributed by atoms with Crippen LogP contribution >= 0.6 is 22.7 Å². The van der Waals surface area contributed by atoms with Gasteiger partial charge in [0.05, 0.1) is 18.7 Å². The zero-order valence-corrected chi connectivity index (χ0v) is 16.2. The van der Waals surface area contributed by atoms with Crippen LogP contribution in [0, 0.1) is 6.92 Å². The Balaban J connectivity index is 1.42. The van der Waals surface area contributed by atoms with Crippen molar-refractivity contribution in [2.24, 2.45) is 0 Å². The Labute approximate surface area is 159 Å². The predicted molar refractivity (Wildman–Crippen MR) is 103 cm³/mol. The summed E-state index contributed by atoms with van der Waals surface area (Å²) >= 11 is 3.25. The van der Waals surface area contributed by atoms with Gasteiger partial charge >= 0.3 is 0 Å². The molecule has 0 fully saturated rings. The van der Waals surface area contributed by atoms with Crippen LogP contribution in [0.25, 0.3) is 10.6 Å². The highest BCUT2D eigenvalue weighted by Gasteiger charge is 2.17. The first kappa shape index (κ1) is 17.1. The minimum atomic E-state index is 0.0681. The van der Waals surface area contributed by atoms with Gasteiger partial charge in [0.1, 0.15) is 5.01 Å². The summed E-state index contributed by atoms with van der Waals surface area (Å²) in [6.45, 7) is 2.96. The zero-order chi connectivity index (χ0) is 18.1. The van der Waals surface area contributed by atoms with Crippen molar-refractivity contribution >= 4 is 28.6 Å². The Hall–Kier alpha value is -2.38. The highest BCUT2D eigenvalue weighted by atomic mass is 32.1. The molecule has 0 unspecified atom stereocenters. The van der Waals surface area contributed by atoms with Crippen molar-refractivity contribution in [3.05, 3.63) is 51.2 Å². The van der Waals surface area contributed by atoms with Gasteiger partial charge in [-0.2, -0.15) is 0 Å². The summed E-state index contributed by atoms with van der Waals surface area (Å²) in [5, 5.41) is 2.82. The smallest absolute Gasteiger partial charge is 0.231 e. The molecule has 26 heavy (non-hydrogen) atoms. The maximum Gasteiger partial charge on any atom is 0.231 e. The molecule has 0 saturated carbocycles. The summed E-state index contributed by atoms with van der Waals surface area (Å²) in [7, 11) is 1.84. The number of fused-ring (bicyclic) bond motifs is 1. The van der Waals surface area contributed by atoms with E-state index in [1.807, 2.05) is 30.6 Å². The summed E-state index contributed by atoms with van der Waals surface area (Å²) in [5.74, 6) is 1.56. The lowest BCUT2D eigenvalue weighted by atomic mass is 10.2. The Kier molecular flexibility index (Phi) is 4.65. The molecule has 0 spiro atoms. The van der Waals surface area contributed by atoms with Crippen LogP contribution in [-0.2, 0) is 17.8 Å². The number of hydrogen-bond acceptors (Lipinski definition) is 6. The Morgan fingerprint density at radius 1 is 1.23 bits per heavy atom. The van der Waals surface area contributed by atoms with Gasteiger partial charge in [0.15, 0.2) is 11.5 Å². The number of hydrogen-bond donors (Lipinski definition) is 0. The number of nitrogens with zero attached hydrogens (tertiary/aromatic N) is 2. The van der Waals surface area contributed by atoms with Crippen molar-refractivity contribution in [3.63, 3.8) is 0 Å². The second-order valence-electron chi connectivity index (χ2n) is 6.15. The summed E-state index contributed by atoms with van der Waals surface area (Å²) in [6, 6.07) is 9.93. The van der Waals surface area contributed by atoms with Gasteiger partial charge in [-0.05, 0) is 37.3 Å². The van der Waals surface area contributed by atoms with Crippen LogP contribution in [-0.4, -0.2) is 29.6 Å². The number of aromatic nitrogens is 1. The van der Waals surface area contributed by atoms with Gasteiger partial charge in [-0.15, -0.1) is 22.7 Å². The van der Waals surface area contributed by atoms with E-state index in [2.05, 4.69) is 24.0 Å². The monoisotopic (exact) mass is 386 g/mol. The van der Waals surface area contributed by atoms with Crippen molar-refractivity contribution in [2.75, 3.05) is 13.8 Å². The highest BCUT2D eigenvalue weighted by molar-refractivity contribution is 7.13. The van der Waals surface area contributed by atoms with Gasteiger partial charge in [-0.3, -0.25) is 4.79 Å². The van der Waals surface area contributed by atoms with E-state index in [1.165, 1.54) is 21.1 Å². The van der Waals surface area contributed by atoms with Crippen molar-refractivity contribution in [1.82, 2.24) is 9.88 Å². The third-order valence-corrected chi connectivity index (χ3v) is 6.04. The second kappa shape index (κ2) is 7.09. The fourth-order valence-corrected chi connectivity index (χ4v) is 4.49. The molecule has 0 bridgehead atoms. The maximum absolute atomic E-state index is 12.5. The number of aryl methyl sites for hydroxylation is 1. The van der Waals surface area contributed by atoms with Crippen molar-refractivity contribution in [2.45, 2.75) is 19.9 Å². The number of thiophene rings is 1. The second-order valence-corrected chi connectivity index (χ2v) is 8.38. The standard InChI is InChI=1S/C19H18N2O3S2/c1-12-3-5-15(26-12)9-21(2)18(22)8-14-10-25-19(20-14)13-4-6-16-17(7-13)24-11-23-16/h3-7,10H,8-9,11H2,1-2H3. The molecule has 1 aliphatic rings. The number of benzene rings is 1. The van der Waals surface area contributed by atoms with Crippen LogP contribution in [0.4, 0.5) is 0 Å². The lowest BCUT2D eigenvalue weighted by Gasteiger charge is -2.15. The van der Waals surface area contributed by atoms with Crippen LogP contribution in [0.15, 0.2) is 35.7 Å². The summed E-state index contributed by atoms with van der Waals surface area (Å²) in [5.41, 5.74) is 1.77. The van der Waals surface area contributed by atoms with Gasteiger partial charge in [0.25, 0.3) is 0 Å². The van der Waals surface area contributed by atoms with E-state index in [0.29, 0.717) is 13.0 Å². The maximum atomic E-state index is 12.5. The summed E-state index contributed by atoms with van der Waals surface area (Å²) < 4.78 is 10.8. The Morgan fingerprint density at radius 2 is 2.08 bits per heavy atom. The van der Waals surface area contributed by atoms with Gasteiger partial charge in [-0.25, -0.2) is 4.98 Å². The third-order valence-electron chi connectivity index (χ3n) is 4.12. The molecule has 3 aromatic rings. The van der Waals surface area contributed by atoms with Crippen LogP contribution < -0.4 is 9.47 Å². The number of ether oxygens (including phenoxy) is 2. The molecule has 1 amide bonds. The van der Waals surface area contributed by atoms with Crippen LogP contribution in [0.2, 0.25) is 0 Å². The van der Waals surface area contributed by atoms with E-state index in [9.17, 15) is 4.79 Å². The van der Waals surface area contributed by atoms with Gasteiger partial charge in [0.2, 0.25) is 12.7 Å². The van der Waals surface area contributed by atoms with Gasteiger partial charge in [0, 0.05) is 27.7 Å². The van der Waals surface area contributed by atoms with Gasteiger partial charge < -0.3 is 14.4 Å². The first-order chi connectivity index (χ1) is 12.6. The van der Waals surface area contributed by atoms with Crippen LogP contribution in [0.5, 0.6) is 11.5 Å². The number of rotatable bonds is 5. The molecule has 134 valence electrons. The molecule has 7 heteroatoms. The fraction of sp³-hybridized carbons (Fsp3) is 0.263. The van der Waals surface area contributed by atoms with E-state index in [-0.39, 0.29) is 12.7 Å². The zero-order valence-electron chi connectivity index (χ0n) is 14.5.